The van der Waals surface area contributed by atoms with Crippen LogP contribution in [0.25, 0.3) is 0 Å². The Morgan fingerprint density at radius 1 is 1.14 bits per heavy atom. The Kier molecular flexibility index (Phi) is 5.49. The van der Waals surface area contributed by atoms with Crippen LogP contribution in [0, 0.1) is 34.5 Å². The molecular formula is C30H37NO5. The van der Waals surface area contributed by atoms with Crippen molar-refractivity contribution in [3.05, 3.63) is 47.5 Å². The van der Waals surface area contributed by atoms with E-state index in [0.717, 1.165) is 56.2 Å². The van der Waals surface area contributed by atoms with Gasteiger partial charge in [0.25, 0.3) is 0 Å². The number of aliphatic hydroxyl groups is 1. The van der Waals surface area contributed by atoms with Gasteiger partial charge in [0.05, 0.1) is 11.6 Å². The Bertz CT molecular complexity index is 1140. The number of carbonyl (C=O) groups is 2. The molecule has 8 atom stereocenters. The predicted molar refractivity (Wildman–Crippen MR) is 135 cm³/mol. The van der Waals surface area contributed by atoms with Gasteiger partial charge >= 0.3 is 5.97 Å². The predicted octanol–water partition coefficient (Wildman–Crippen LogP) is 4.84. The number of benzene rings is 1. The molecule has 1 aliphatic heterocycles. The summed E-state index contributed by atoms with van der Waals surface area (Å²) in [6.07, 6.45) is 8.93. The first kappa shape index (κ1) is 23.9. The van der Waals surface area contributed by atoms with Gasteiger partial charge in [-0.05, 0) is 67.3 Å². The van der Waals surface area contributed by atoms with Crippen molar-refractivity contribution in [3.8, 4) is 0 Å². The molecule has 1 heterocycles. The minimum absolute atomic E-state index is 0.0124. The smallest absolute Gasteiger partial charge is 0.302 e. The van der Waals surface area contributed by atoms with E-state index in [1.165, 1.54) is 12.5 Å². The average molecular weight is 492 g/mol. The summed E-state index contributed by atoms with van der Waals surface area (Å²) in [6, 6.07) is 10.0. The normalized spacial score (nSPS) is 42.6. The van der Waals surface area contributed by atoms with Gasteiger partial charge in [-0.25, -0.2) is 0 Å². The standard InChI is InChI=1S/C30H37NO5/c1-18(33)35-21-11-13-28(2)20(15-21)9-10-22-23(28)12-14-29(3)24(22)16-25-27(19-7-5-4-6-8-19)31-36-30(25,29)26(34)17-32/h4-9,21-25,32H,10-17H2,1-3H3/t21-,22+,23-,24-,25-,28-,29-,30-/m0/s1. The Morgan fingerprint density at radius 2 is 1.92 bits per heavy atom. The molecule has 5 aliphatic rings. The molecule has 4 aliphatic carbocycles. The summed E-state index contributed by atoms with van der Waals surface area (Å²) < 4.78 is 5.59. The highest BCUT2D eigenvalue weighted by atomic mass is 16.7. The number of hydrogen-bond acceptors (Lipinski definition) is 6. The lowest BCUT2D eigenvalue weighted by Crippen LogP contribution is -2.60. The molecule has 0 radical (unpaired) electrons. The van der Waals surface area contributed by atoms with Crippen molar-refractivity contribution < 1.29 is 24.3 Å². The van der Waals surface area contributed by atoms with Crippen molar-refractivity contribution in [1.29, 1.82) is 0 Å². The van der Waals surface area contributed by atoms with Gasteiger partial charge in [0.2, 0.25) is 11.4 Å². The molecule has 6 nitrogen and oxygen atoms in total. The fourth-order valence-corrected chi connectivity index (χ4v) is 9.20. The highest BCUT2D eigenvalue weighted by Gasteiger charge is 2.74. The third-order valence-corrected chi connectivity index (χ3v) is 10.9. The third-order valence-electron chi connectivity index (χ3n) is 10.9. The largest absolute Gasteiger partial charge is 0.462 e. The van der Waals surface area contributed by atoms with Crippen LogP contribution in [-0.2, 0) is 19.2 Å². The Morgan fingerprint density at radius 3 is 2.64 bits per heavy atom. The minimum atomic E-state index is -1.10. The summed E-state index contributed by atoms with van der Waals surface area (Å²) in [4.78, 5) is 31.3. The number of rotatable bonds is 4. The van der Waals surface area contributed by atoms with E-state index in [2.05, 4.69) is 25.1 Å². The highest BCUT2D eigenvalue weighted by Crippen LogP contribution is 2.70. The second kappa shape index (κ2) is 8.27. The molecular weight excluding hydrogens is 454 g/mol. The molecule has 3 saturated carbocycles. The fraction of sp³-hybridized carbons (Fsp3) is 0.633. The van der Waals surface area contributed by atoms with E-state index in [-0.39, 0.29) is 34.6 Å². The quantitative estimate of drug-likeness (QED) is 0.481. The van der Waals surface area contributed by atoms with Crippen LogP contribution in [0.5, 0.6) is 0 Å². The number of oxime groups is 1. The van der Waals surface area contributed by atoms with Crippen LogP contribution in [-0.4, -0.2) is 40.9 Å². The number of allylic oxidation sites excluding steroid dienone is 1. The molecule has 0 saturated heterocycles. The molecule has 1 aromatic rings. The van der Waals surface area contributed by atoms with Gasteiger partial charge < -0.3 is 14.7 Å². The summed E-state index contributed by atoms with van der Waals surface area (Å²) >= 11 is 0. The van der Waals surface area contributed by atoms with E-state index in [0.29, 0.717) is 17.8 Å². The van der Waals surface area contributed by atoms with Gasteiger partial charge in [0, 0.05) is 18.8 Å². The average Bonchev–Trinajstić information content (AvgIpc) is 3.37. The van der Waals surface area contributed by atoms with Gasteiger partial charge in [-0.1, -0.05) is 61.0 Å². The lowest BCUT2D eigenvalue weighted by Gasteiger charge is -2.58. The van der Waals surface area contributed by atoms with Gasteiger partial charge in [0.15, 0.2) is 0 Å². The zero-order valence-corrected chi connectivity index (χ0v) is 21.5. The second-order valence-electron chi connectivity index (χ2n) is 12.2. The zero-order chi connectivity index (χ0) is 25.3. The molecule has 0 aromatic heterocycles. The fourth-order valence-electron chi connectivity index (χ4n) is 9.20. The van der Waals surface area contributed by atoms with E-state index in [4.69, 9.17) is 9.57 Å². The molecule has 1 aromatic carbocycles. The lowest BCUT2D eigenvalue weighted by atomic mass is 9.46. The van der Waals surface area contributed by atoms with Crippen LogP contribution in [0.3, 0.4) is 0 Å². The summed E-state index contributed by atoms with van der Waals surface area (Å²) in [7, 11) is 0. The molecule has 0 unspecified atom stereocenters. The number of ketones is 1. The van der Waals surface area contributed by atoms with Crippen molar-refractivity contribution >= 4 is 17.5 Å². The molecule has 3 fully saturated rings. The molecule has 192 valence electrons. The molecule has 1 N–H and O–H groups in total. The van der Waals surface area contributed by atoms with E-state index >= 15 is 0 Å². The third kappa shape index (κ3) is 3.09. The van der Waals surface area contributed by atoms with Crippen LogP contribution < -0.4 is 0 Å². The van der Waals surface area contributed by atoms with Crippen LogP contribution >= 0.6 is 0 Å². The SMILES string of the molecule is CC(=O)O[C@H]1CC[C@@]2(C)C(=CC[C@@H]3[C@@H]2CC[C@@]2(C)[C@H]3C[C@H]3C(c4ccccc4)=NO[C@]32C(=O)CO)C1. The topological polar surface area (TPSA) is 85.2 Å². The summed E-state index contributed by atoms with van der Waals surface area (Å²) in [5.74, 6) is 0.728. The number of aliphatic hydroxyl groups excluding tert-OH is 1. The van der Waals surface area contributed by atoms with Crippen molar-refractivity contribution in [2.45, 2.75) is 77.4 Å². The summed E-state index contributed by atoms with van der Waals surface area (Å²) in [5, 5.41) is 14.6. The molecule has 36 heavy (non-hydrogen) atoms. The van der Waals surface area contributed by atoms with Gasteiger partial charge in [-0.3, -0.25) is 9.59 Å². The Balaban J connectivity index is 1.36. The maximum Gasteiger partial charge on any atom is 0.302 e. The number of fused-ring (bicyclic) bond motifs is 7. The number of Topliss-reactive ketones (excluding diaryl/α,β-unsaturated/α-hetero) is 1. The van der Waals surface area contributed by atoms with E-state index in [9.17, 15) is 14.7 Å². The number of esters is 1. The molecule has 6 heteroatoms. The van der Waals surface area contributed by atoms with Gasteiger partial charge in [-0.2, -0.15) is 0 Å². The molecule has 0 spiro atoms. The van der Waals surface area contributed by atoms with E-state index in [1.54, 1.807) is 0 Å². The van der Waals surface area contributed by atoms with Crippen LogP contribution in [0.1, 0.15) is 71.3 Å². The van der Waals surface area contributed by atoms with Crippen LogP contribution in [0.15, 0.2) is 47.1 Å². The lowest BCUT2D eigenvalue weighted by molar-refractivity contribution is -0.178. The van der Waals surface area contributed by atoms with E-state index in [1.807, 2.05) is 30.3 Å². The van der Waals surface area contributed by atoms with Crippen molar-refractivity contribution in [3.63, 3.8) is 0 Å². The maximum absolute atomic E-state index is 13.5. The molecule has 0 bridgehead atoms. The Labute approximate surface area is 213 Å². The molecule has 6 rings (SSSR count). The first-order valence-electron chi connectivity index (χ1n) is 13.6. The van der Waals surface area contributed by atoms with Gasteiger partial charge in [-0.15, -0.1) is 0 Å². The number of nitrogens with zero attached hydrogens (tertiary/aromatic N) is 1. The van der Waals surface area contributed by atoms with E-state index < -0.39 is 12.2 Å². The highest BCUT2D eigenvalue weighted by molar-refractivity contribution is 6.08. The number of hydrogen-bond donors (Lipinski definition) is 1. The van der Waals surface area contributed by atoms with Crippen molar-refractivity contribution in [2.75, 3.05) is 6.61 Å². The minimum Gasteiger partial charge on any atom is -0.462 e. The Hall–Kier alpha value is -2.47. The number of carbonyl (C=O) groups excluding carboxylic acids is 2. The van der Waals surface area contributed by atoms with Crippen LogP contribution in [0.2, 0.25) is 0 Å². The summed E-state index contributed by atoms with van der Waals surface area (Å²) in [6.45, 7) is 5.62. The maximum atomic E-state index is 13.5. The zero-order valence-electron chi connectivity index (χ0n) is 21.5. The van der Waals surface area contributed by atoms with Crippen LogP contribution in [0.4, 0.5) is 0 Å². The van der Waals surface area contributed by atoms with Crippen molar-refractivity contribution in [2.24, 2.45) is 39.7 Å². The van der Waals surface area contributed by atoms with Gasteiger partial charge in [0.1, 0.15) is 12.7 Å². The number of ether oxygens (including phenoxy) is 1. The second-order valence-corrected chi connectivity index (χ2v) is 12.2. The summed E-state index contributed by atoms with van der Waals surface area (Å²) in [5.41, 5.74) is 1.92. The first-order valence-corrected chi connectivity index (χ1v) is 13.6. The van der Waals surface area contributed by atoms with Crippen molar-refractivity contribution in [1.82, 2.24) is 0 Å². The first-order chi connectivity index (χ1) is 17.2. The monoisotopic (exact) mass is 491 g/mol. The molecule has 0 amide bonds.